The van der Waals surface area contributed by atoms with Crippen molar-refractivity contribution < 1.29 is 13.9 Å². The summed E-state index contributed by atoms with van der Waals surface area (Å²) in [6, 6.07) is 21.6. The van der Waals surface area contributed by atoms with E-state index in [0.29, 0.717) is 23.3 Å². The lowest BCUT2D eigenvalue weighted by Gasteiger charge is -2.26. The van der Waals surface area contributed by atoms with Crippen LogP contribution in [0.4, 0.5) is 4.39 Å². The van der Waals surface area contributed by atoms with Gasteiger partial charge in [0.15, 0.2) is 0 Å². The van der Waals surface area contributed by atoms with Crippen LogP contribution in [0.5, 0.6) is 5.75 Å². The highest BCUT2D eigenvalue weighted by Crippen LogP contribution is 2.32. The second-order valence-corrected chi connectivity index (χ2v) is 9.15. The molecule has 1 N–H and O–H groups in total. The van der Waals surface area contributed by atoms with E-state index in [1.807, 2.05) is 48.5 Å². The van der Waals surface area contributed by atoms with E-state index in [1.165, 1.54) is 31.4 Å². The first-order chi connectivity index (χ1) is 17.6. The van der Waals surface area contributed by atoms with Gasteiger partial charge in [-0.1, -0.05) is 36.8 Å². The molecule has 6 heteroatoms. The number of methoxy groups -OCH3 is 1. The van der Waals surface area contributed by atoms with Crippen molar-refractivity contribution in [2.24, 2.45) is 0 Å². The van der Waals surface area contributed by atoms with Crippen LogP contribution in [0.1, 0.15) is 29.6 Å². The molecule has 5 nitrogen and oxygen atoms in total. The molecule has 0 unspecified atom stereocenters. The summed E-state index contributed by atoms with van der Waals surface area (Å²) in [5.41, 5.74) is 4.56. The summed E-state index contributed by atoms with van der Waals surface area (Å²) in [6.07, 6.45) is 3.73. The van der Waals surface area contributed by atoms with Gasteiger partial charge in [-0.15, -0.1) is 0 Å². The Kier molecular flexibility index (Phi) is 7.23. The second-order valence-electron chi connectivity index (χ2n) is 9.15. The largest absolute Gasteiger partial charge is 0.497 e. The first-order valence-electron chi connectivity index (χ1n) is 12.5. The zero-order chi connectivity index (χ0) is 24.9. The third-order valence-corrected chi connectivity index (χ3v) is 6.79. The number of rotatable bonds is 7. The molecule has 1 amide bonds. The number of carbonyl (C=O) groups excluding carboxylic acids is 1. The van der Waals surface area contributed by atoms with Gasteiger partial charge < -0.3 is 15.0 Å². The lowest BCUT2D eigenvalue weighted by molar-refractivity contribution is 0.0948. The molecule has 1 aromatic heterocycles. The Labute approximate surface area is 210 Å². The fourth-order valence-electron chi connectivity index (χ4n) is 4.81. The summed E-state index contributed by atoms with van der Waals surface area (Å²) < 4.78 is 18.9. The van der Waals surface area contributed by atoms with Crippen LogP contribution in [0, 0.1) is 5.82 Å². The number of pyridine rings is 1. The molecule has 1 saturated heterocycles. The number of benzene rings is 3. The van der Waals surface area contributed by atoms with Gasteiger partial charge in [-0.05, 0) is 74.0 Å². The Bertz CT molecular complexity index is 1350. The quantitative estimate of drug-likeness (QED) is 0.354. The molecule has 0 radical (unpaired) electrons. The summed E-state index contributed by atoms with van der Waals surface area (Å²) in [6.45, 7) is 3.63. The van der Waals surface area contributed by atoms with E-state index in [9.17, 15) is 9.18 Å². The van der Waals surface area contributed by atoms with Gasteiger partial charge >= 0.3 is 0 Å². The monoisotopic (exact) mass is 483 g/mol. The van der Waals surface area contributed by atoms with Gasteiger partial charge in [-0.2, -0.15) is 0 Å². The molecule has 3 aromatic carbocycles. The fourth-order valence-corrected chi connectivity index (χ4v) is 4.81. The predicted octanol–water partition coefficient (Wildman–Crippen LogP) is 5.93. The average Bonchev–Trinajstić information content (AvgIpc) is 2.93. The maximum Gasteiger partial charge on any atom is 0.252 e. The van der Waals surface area contributed by atoms with Crippen LogP contribution in [0.25, 0.3) is 33.3 Å². The van der Waals surface area contributed by atoms with Crippen molar-refractivity contribution in [3.05, 3.63) is 84.2 Å². The lowest BCUT2D eigenvalue weighted by Crippen LogP contribution is -2.37. The number of piperidine rings is 1. The van der Waals surface area contributed by atoms with E-state index < -0.39 is 0 Å². The van der Waals surface area contributed by atoms with Gasteiger partial charge in [0.25, 0.3) is 5.91 Å². The smallest absolute Gasteiger partial charge is 0.252 e. The first kappa shape index (κ1) is 23.9. The number of halogens is 1. The summed E-state index contributed by atoms with van der Waals surface area (Å²) >= 11 is 0. The van der Waals surface area contributed by atoms with Gasteiger partial charge in [0, 0.05) is 29.6 Å². The highest BCUT2D eigenvalue weighted by molar-refractivity contribution is 6.10. The number of nitrogens with one attached hydrogen (secondary N) is 1. The van der Waals surface area contributed by atoms with Crippen molar-refractivity contribution in [2.45, 2.75) is 19.3 Å². The van der Waals surface area contributed by atoms with Crippen molar-refractivity contribution in [3.63, 3.8) is 0 Å². The number of aromatic nitrogens is 1. The minimum absolute atomic E-state index is 0.120. The fraction of sp³-hybridized carbons (Fsp3) is 0.267. The van der Waals surface area contributed by atoms with Gasteiger partial charge in [-0.3, -0.25) is 4.79 Å². The molecular formula is C30H30FN3O2. The van der Waals surface area contributed by atoms with E-state index in [4.69, 9.17) is 9.72 Å². The van der Waals surface area contributed by atoms with Crippen LogP contribution in [-0.4, -0.2) is 49.1 Å². The predicted molar refractivity (Wildman–Crippen MR) is 142 cm³/mol. The number of likely N-dealkylation sites (tertiary alicyclic amines) is 1. The zero-order valence-electron chi connectivity index (χ0n) is 20.5. The normalized spacial score (nSPS) is 14.1. The molecule has 1 aliphatic rings. The van der Waals surface area contributed by atoms with Crippen molar-refractivity contribution in [1.82, 2.24) is 15.2 Å². The standard InChI is InChI=1S/C30H30FN3O2/c1-36-24-14-10-22(11-15-24)28-20-27(30(35)32-16-19-34-17-3-2-4-18-34)26-7-5-6-25(29(26)33-28)21-8-12-23(31)13-9-21/h5-15,20H,2-4,16-19H2,1H3,(H,32,35). The van der Waals surface area contributed by atoms with E-state index in [2.05, 4.69) is 10.2 Å². The Morgan fingerprint density at radius 2 is 1.69 bits per heavy atom. The Morgan fingerprint density at radius 3 is 2.42 bits per heavy atom. The summed E-state index contributed by atoms with van der Waals surface area (Å²) in [4.78, 5) is 20.8. The van der Waals surface area contributed by atoms with E-state index in [0.717, 1.165) is 47.5 Å². The van der Waals surface area contributed by atoms with Crippen molar-refractivity contribution >= 4 is 16.8 Å². The van der Waals surface area contributed by atoms with Gasteiger partial charge in [-0.25, -0.2) is 9.37 Å². The van der Waals surface area contributed by atoms with E-state index in [-0.39, 0.29) is 11.7 Å². The summed E-state index contributed by atoms with van der Waals surface area (Å²) in [5, 5.41) is 3.89. The van der Waals surface area contributed by atoms with Gasteiger partial charge in [0.1, 0.15) is 11.6 Å². The maximum atomic E-state index is 13.6. The number of amides is 1. The first-order valence-corrected chi connectivity index (χ1v) is 12.5. The number of nitrogens with zero attached hydrogens (tertiary/aromatic N) is 2. The Morgan fingerprint density at radius 1 is 0.972 bits per heavy atom. The number of fused-ring (bicyclic) bond motifs is 1. The van der Waals surface area contributed by atoms with E-state index in [1.54, 1.807) is 19.2 Å². The summed E-state index contributed by atoms with van der Waals surface area (Å²) in [5.74, 6) is 0.340. The topological polar surface area (TPSA) is 54.5 Å². The number of carbonyl (C=O) groups is 1. The highest BCUT2D eigenvalue weighted by Gasteiger charge is 2.17. The molecule has 1 fully saturated rings. The second kappa shape index (κ2) is 10.9. The van der Waals surface area contributed by atoms with E-state index >= 15 is 0 Å². The maximum absolute atomic E-state index is 13.6. The number of ether oxygens (including phenoxy) is 1. The number of para-hydroxylation sites is 1. The number of hydrogen-bond acceptors (Lipinski definition) is 4. The lowest BCUT2D eigenvalue weighted by atomic mass is 9.97. The van der Waals surface area contributed by atoms with Crippen LogP contribution in [0.3, 0.4) is 0 Å². The van der Waals surface area contributed by atoms with Gasteiger partial charge in [0.05, 0.1) is 23.9 Å². The molecule has 0 bridgehead atoms. The van der Waals surface area contributed by atoms with Crippen LogP contribution in [-0.2, 0) is 0 Å². The molecule has 4 aromatic rings. The SMILES string of the molecule is COc1ccc(-c2cc(C(=O)NCCN3CCCCC3)c3cccc(-c4ccc(F)cc4)c3n2)cc1. The minimum atomic E-state index is -0.292. The number of hydrogen-bond donors (Lipinski definition) is 1. The molecule has 184 valence electrons. The third-order valence-electron chi connectivity index (χ3n) is 6.79. The molecule has 0 aliphatic carbocycles. The molecule has 1 aliphatic heterocycles. The molecule has 0 saturated carbocycles. The molecule has 36 heavy (non-hydrogen) atoms. The molecule has 0 spiro atoms. The average molecular weight is 484 g/mol. The van der Waals surface area contributed by atoms with Crippen LogP contribution < -0.4 is 10.1 Å². The molecular weight excluding hydrogens is 453 g/mol. The zero-order valence-corrected chi connectivity index (χ0v) is 20.5. The van der Waals surface area contributed by atoms with Crippen LogP contribution in [0.15, 0.2) is 72.8 Å². The Balaban J connectivity index is 1.54. The third kappa shape index (κ3) is 5.24. The Hall–Kier alpha value is -3.77. The van der Waals surface area contributed by atoms with Crippen molar-refractivity contribution in [2.75, 3.05) is 33.3 Å². The molecule has 2 heterocycles. The van der Waals surface area contributed by atoms with Crippen LogP contribution in [0.2, 0.25) is 0 Å². The highest BCUT2D eigenvalue weighted by atomic mass is 19.1. The van der Waals surface area contributed by atoms with Gasteiger partial charge in [0.2, 0.25) is 0 Å². The summed E-state index contributed by atoms with van der Waals surface area (Å²) in [7, 11) is 1.63. The molecule has 5 rings (SSSR count). The minimum Gasteiger partial charge on any atom is -0.497 e. The van der Waals surface area contributed by atoms with Crippen LogP contribution >= 0.6 is 0 Å². The van der Waals surface area contributed by atoms with Crippen molar-refractivity contribution in [1.29, 1.82) is 0 Å². The molecule has 0 atom stereocenters. The van der Waals surface area contributed by atoms with Crippen molar-refractivity contribution in [3.8, 4) is 28.1 Å².